The van der Waals surface area contributed by atoms with Crippen LogP contribution in [0.1, 0.15) is 18.4 Å². The van der Waals surface area contributed by atoms with Gasteiger partial charge in [0.15, 0.2) is 11.5 Å². The normalized spacial score (nSPS) is 13.2. The zero-order valence-corrected chi connectivity index (χ0v) is 17.4. The summed E-state index contributed by atoms with van der Waals surface area (Å²) in [6, 6.07) is 11.6. The van der Waals surface area contributed by atoms with E-state index in [1.165, 1.54) is 7.11 Å². The van der Waals surface area contributed by atoms with Crippen LogP contribution in [0.2, 0.25) is 0 Å². The molecule has 2 N–H and O–H groups in total. The molecular weight excluding hydrogens is 382 g/mol. The molecular formula is C22H25N5O3. The average Bonchev–Trinajstić information content (AvgIpc) is 3.26. The zero-order chi connectivity index (χ0) is 21.1. The Morgan fingerprint density at radius 3 is 2.70 bits per heavy atom. The molecule has 0 unspecified atom stereocenters. The number of aromatic amines is 1. The summed E-state index contributed by atoms with van der Waals surface area (Å²) in [7, 11) is 5.00. The quantitative estimate of drug-likeness (QED) is 0.652. The molecule has 4 rings (SSSR count). The molecule has 0 bridgehead atoms. The number of H-pyrrole nitrogens is 1. The molecule has 1 aliphatic heterocycles. The SMILES string of the molecule is COc1cc2[nH]c(N(C)Cc3cccc(NC4=NCCC4)c3)nc(=O)c2cc1OC. The molecule has 0 amide bonds. The van der Waals surface area contributed by atoms with Crippen LogP contribution < -0.4 is 25.2 Å². The van der Waals surface area contributed by atoms with E-state index in [0.717, 1.165) is 36.5 Å². The number of aliphatic imine (C=N–C) groups is 1. The third kappa shape index (κ3) is 4.07. The van der Waals surface area contributed by atoms with Gasteiger partial charge in [-0.05, 0) is 30.2 Å². The summed E-state index contributed by atoms with van der Waals surface area (Å²) < 4.78 is 10.6. The highest BCUT2D eigenvalue weighted by molar-refractivity contribution is 5.96. The molecule has 0 fully saturated rings. The van der Waals surface area contributed by atoms with Crippen LogP contribution in [-0.4, -0.2) is 43.6 Å². The lowest BCUT2D eigenvalue weighted by Gasteiger charge is -2.19. The number of aromatic nitrogens is 2. The molecule has 2 aromatic carbocycles. The number of ether oxygens (including phenoxy) is 2. The van der Waals surface area contributed by atoms with E-state index in [0.29, 0.717) is 34.9 Å². The van der Waals surface area contributed by atoms with Gasteiger partial charge in [0, 0.05) is 38.3 Å². The molecule has 0 saturated carbocycles. The van der Waals surface area contributed by atoms with Crippen molar-refractivity contribution in [2.45, 2.75) is 19.4 Å². The minimum absolute atomic E-state index is 0.318. The van der Waals surface area contributed by atoms with Crippen molar-refractivity contribution < 1.29 is 9.47 Å². The van der Waals surface area contributed by atoms with Crippen molar-refractivity contribution in [2.24, 2.45) is 4.99 Å². The molecule has 0 spiro atoms. The predicted octanol–water partition coefficient (Wildman–Crippen LogP) is 3.18. The highest BCUT2D eigenvalue weighted by Crippen LogP contribution is 2.30. The minimum atomic E-state index is -0.318. The Bertz CT molecular complexity index is 1160. The van der Waals surface area contributed by atoms with Crippen molar-refractivity contribution in [3.63, 3.8) is 0 Å². The number of nitrogens with zero attached hydrogens (tertiary/aromatic N) is 3. The van der Waals surface area contributed by atoms with Gasteiger partial charge in [0.2, 0.25) is 5.95 Å². The van der Waals surface area contributed by atoms with E-state index in [1.807, 2.05) is 30.1 Å². The average molecular weight is 407 g/mol. The first-order chi connectivity index (χ1) is 14.6. The maximum atomic E-state index is 12.6. The largest absolute Gasteiger partial charge is 0.493 e. The van der Waals surface area contributed by atoms with Gasteiger partial charge in [0.1, 0.15) is 5.84 Å². The molecule has 8 heteroatoms. The second-order valence-corrected chi connectivity index (χ2v) is 7.23. The van der Waals surface area contributed by atoms with Gasteiger partial charge < -0.3 is 24.7 Å². The smallest absolute Gasteiger partial charge is 0.282 e. The number of hydrogen-bond acceptors (Lipinski definition) is 7. The number of fused-ring (bicyclic) bond motifs is 1. The maximum absolute atomic E-state index is 12.6. The molecule has 30 heavy (non-hydrogen) atoms. The van der Waals surface area contributed by atoms with Crippen molar-refractivity contribution in [1.82, 2.24) is 9.97 Å². The van der Waals surface area contributed by atoms with Gasteiger partial charge in [-0.3, -0.25) is 9.79 Å². The Labute approximate surface area is 174 Å². The van der Waals surface area contributed by atoms with Crippen LogP contribution in [0.5, 0.6) is 11.5 Å². The minimum Gasteiger partial charge on any atom is -0.493 e. The number of methoxy groups -OCH3 is 2. The van der Waals surface area contributed by atoms with E-state index in [4.69, 9.17) is 9.47 Å². The summed E-state index contributed by atoms with van der Waals surface area (Å²) in [5.74, 6) is 2.56. The van der Waals surface area contributed by atoms with Crippen molar-refractivity contribution in [1.29, 1.82) is 0 Å². The van der Waals surface area contributed by atoms with Crippen LogP contribution in [0.15, 0.2) is 46.2 Å². The third-order valence-electron chi connectivity index (χ3n) is 5.08. The topological polar surface area (TPSA) is 91.8 Å². The van der Waals surface area contributed by atoms with E-state index in [1.54, 1.807) is 19.2 Å². The van der Waals surface area contributed by atoms with E-state index in [2.05, 4.69) is 26.3 Å². The van der Waals surface area contributed by atoms with Gasteiger partial charge in [-0.2, -0.15) is 4.98 Å². The maximum Gasteiger partial charge on any atom is 0.282 e. The highest BCUT2D eigenvalue weighted by Gasteiger charge is 2.13. The summed E-state index contributed by atoms with van der Waals surface area (Å²) in [5.41, 5.74) is 2.43. The fourth-order valence-corrected chi connectivity index (χ4v) is 3.55. The van der Waals surface area contributed by atoms with E-state index < -0.39 is 0 Å². The number of benzene rings is 2. The van der Waals surface area contributed by atoms with E-state index in [-0.39, 0.29) is 5.56 Å². The van der Waals surface area contributed by atoms with Gasteiger partial charge in [-0.15, -0.1) is 0 Å². The van der Waals surface area contributed by atoms with Crippen LogP contribution in [-0.2, 0) is 6.54 Å². The van der Waals surface area contributed by atoms with Crippen LogP contribution in [0.3, 0.4) is 0 Å². The fourth-order valence-electron chi connectivity index (χ4n) is 3.55. The Balaban J connectivity index is 1.58. The van der Waals surface area contributed by atoms with Gasteiger partial charge in [0.25, 0.3) is 5.56 Å². The molecule has 1 aromatic heterocycles. The Morgan fingerprint density at radius 2 is 1.97 bits per heavy atom. The Morgan fingerprint density at radius 1 is 1.17 bits per heavy atom. The summed E-state index contributed by atoms with van der Waals surface area (Å²) >= 11 is 0. The number of hydrogen-bond donors (Lipinski definition) is 2. The second kappa shape index (κ2) is 8.44. The number of anilines is 2. The van der Waals surface area contributed by atoms with Crippen LogP contribution in [0.4, 0.5) is 11.6 Å². The number of amidine groups is 1. The number of nitrogens with one attached hydrogen (secondary N) is 2. The van der Waals surface area contributed by atoms with Gasteiger partial charge >= 0.3 is 0 Å². The molecule has 2 heterocycles. The molecule has 0 atom stereocenters. The molecule has 0 aliphatic carbocycles. The molecule has 3 aromatic rings. The summed E-state index contributed by atoms with van der Waals surface area (Å²) in [5, 5.41) is 3.84. The van der Waals surface area contributed by atoms with E-state index >= 15 is 0 Å². The highest BCUT2D eigenvalue weighted by atomic mass is 16.5. The molecule has 0 radical (unpaired) electrons. The molecule has 8 nitrogen and oxygen atoms in total. The summed E-state index contributed by atoms with van der Waals surface area (Å²) in [6.07, 6.45) is 2.09. The third-order valence-corrected chi connectivity index (χ3v) is 5.08. The summed E-state index contributed by atoms with van der Waals surface area (Å²) in [6.45, 7) is 1.48. The van der Waals surface area contributed by atoms with Crippen molar-refractivity contribution in [3.05, 3.63) is 52.3 Å². The zero-order valence-electron chi connectivity index (χ0n) is 17.4. The first-order valence-corrected chi connectivity index (χ1v) is 9.84. The summed E-state index contributed by atoms with van der Waals surface area (Å²) in [4.78, 5) is 26.4. The van der Waals surface area contributed by atoms with Gasteiger partial charge in [-0.1, -0.05) is 12.1 Å². The van der Waals surface area contributed by atoms with Crippen LogP contribution in [0.25, 0.3) is 10.9 Å². The lowest BCUT2D eigenvalue weighted by Crippen LogP contribution is -2.23. The molecule has 1 aliphatic rings. The standard InChI is InChI=1S/C22H25N5O3/c1-27(13-14-6-4-7-15(10-14)24-20-8-5-9-23-20)22-25-17-12-19(30-3)18(29-2)11-16(17)21(28)26-22/h4,6-7,10-12H,5,8-9,13H2,1-3H3,(H,23,24)(H,25,26,28). The van der Waals surface area contributed by atoms with Gasteiger partial charge in [-0.25, -0.2) is 0 Å². The van der Waals surface area contributed by atoms with E-state index in [9.17, 15) is 4.79 Å². The molecule has 0 saturated heterocycles. The van der Waals surface area contributed by atoms with Gasteiger partial charge in [0.05, 0.1) is 25.1 Å². The van der Waals surface area contributed by atoms with Crippen molar-refractivity contribution >= 4 is 28.4 Å². The fraction of sp³-hybridized carbons (Fsp3) is 0.318. The first kappa shape index (κ1) is 19.8. The van der Waals surface area contributed by atoms with Crippen LogP contribution >= 0.6 is 0 Å². The Kier molecular flexibility index (Phi) is 5.56. The molecule has 156 valence electrons. The first-order valence-electron chi connectivity index (χ1n) is 9.84. The lowest BCUT2D eigenvalue weighted by atomic mass is 10.2. The van der Waals surface area contributed by atoms with Crippen molar-refractivity contribution in [2.75, 3.05) is 38.0 Å². The lowest BCUT2D eigenvalue weighted by molar-refractivity contribution is 0.355. The van der Waals surface area contributed by atoms with Crippen molar-refractivity contribution in [3.8, 4) is 11.5 Å². The predicted molar refractivity (Wildman–Crippen MR) is 119 cm³/mol. The number of rotatable bonds is 6. The second-order valence-electron chi connectivity index (χ2n) is 7.23. The monoisotopic (exact) mass is 407 g/mol. The van der Waals surface area contributed by atoms with Crippen LogP contribution in [0, 0.1) is 0 Å². The Hall–Kier alpha value is -3.55.